The average Bonchev–Trinajstić information content (AvgIpc) is 2.51. The molecule has 0 amide bonds. The molecular formula is C13H19N. The molecule has 0 spiro atoms. The fourth-order valence-electron chi connectivity index (χ4n) is 2.31. The molecule has 0 aliphatic heterocycles. The number of aryl methyl sites for hydroxylation is 1. The normalized spacial score (nSPS) is 26.4. The van der Waals surface area contributed by atoms with Gasteiger partial charge in [-0.2, -0.15) is 0 Å². The van der Waals surface area contributed by atoms with E-state index in [1.807, 2.05) is 0 Å². The highest BCUT2D eigenvalue weighted by Gasteiger charge is 2.20. The molecule has 76 valence electrons. The number of hydrogen-bond donors (Lipinski definition) is 1. The van der Waals surface area contributed by atoms with Gasteiger partial charge in [-0.3, -0.25) is 0 Å². The molecule has 1 aliphatic carbocycles. The first-order valence-corrected chi connectivity index (χ1v) is 5.57. The van der Waals surface area contributed by atoms with Crippen molar-refractivity contribution in [3.05, 3.63) is 29.8 Å². The van der Waals surface area contributed by atoms with Crippen LogP contribution in [0.3, 0.4) is 0 Å². The molecule has 1 aromatic carbocycles. The number of rotatable bonds is 2. The lowest BCUT2D eigenvalue weighted by Crippen LogP contribution is -2.15. The van der Waals surface area contributed by atoms with Crippen LogP contribution in [0.1, 0.15) is 31.7 Å². The second-order valence-corrected chi connectivity index (χ2v) is 4.63. The van der Waals surface area contributed by atoms with Gasteiger partial charge in [-0.1, -0.05) is 19.1 Å². The molecule has 0 aromatic heterocycles. The summed E-state index contributed by atoms with van der Waals surface area (Å²) in [5.74, 6) is 0.900. The van der Waals surface area contributed by atoms with E-state index >= 15 is 0 Å². The van der Waals surface area contributed by atoms with E-state index in [0.717, 1.165) is 5.92 Å². The Bertz CT molecular complexity index is 306. The van der Waals surface area contributed by atoms with Crippen molar-refractivity contribution in [1.82, 2.24) is 0 Å². The first kappa shape index (κ1) is 9.57. The summed E-state index contributed by atoms with van der Waals surface area (Å²) in [7, 11) is 0. The molecule has 0 heterocycles. The van der Waals surface area contributed by atoms with Crippen LogP contribution >= 0.6 is 0 Å². The van der Waals surface area contributed by atoms with E-state index in [2.05, 4.69) is 43.4 Å². The van der Waals surface area contributed by atoms with Gasteiger partial charge < -0.3 is 5.32 Å². The molecule has 1 aliphatic rings. The Morgan fingerprint density at radius 2 is 2.14 bits per heavy atom. The van der Waals surface area contributed by atoms with Gasteiger partial charge in [-0.15, -0.1) is 0 Å². The van der Waals surface area contributed by atoms with Gasteiger partial charge >= 0.3 is 0 Å². The van der Waals surface area contributed by atoms with Crippen LogP contribution in [0, 0.1) is 12.8 Å². The summed E-state index contributed by atoms with van der Waals surface area (Å²) >= 11 is 0. The van der Waals surface area contributed by atoms with E-state index in [9.17, 15) is 0 Å². The topological polar surface area (TPSA) is 12.0 Å². The highest BCUT2D eigenvalue weighted by atomic mass is 14.9. The van der Waals surface area contributed by atoms with Gasteiger partial charge in [0.2, 0.25) is 0 Å². The van der Waals surface area contributed by atoms with Crippen LogP contribution in [-0.2, 0) is 0 Å². The quantitative estimate of drug-likeness (QED) is 0.749. The Kier molecular flexibility index (Phi) is 2.76. The lowest BCUT2D eigenvalue weighted by Gasteiger charge is -2.14. The Balaban J connectivity index is 1.97. The van der Waals surface area contributed by atoms with Gasteiger partial charge in [-0.05, 0) is 49.8 Å². The maximum Gasteiger partial charge on any atom is 0.0344 e. The van der Waals surface area contributed by atoms with E-state index in [1.165, 1.54) is 30.5 Å². The van der Waals surface area contributed by atoms with Crippen molar-refractivity contribution in [1.29, 1.82) is 0 Å². The Hall–Kier alpha value is -0.980. The molecular weight excluding hydrogens is 170 g/mol. The predicted octanol–water partition coefficient (Wildman–Crippen LogP) is 3.60. The van der Waals surface area contributed by atoms with Crippen LogP contribution < -0.4 is 5.32 Å². The van der Waals surface area contributed by atoms with Crippen LogP contribution in [0.2, 0.25) is 0 Å². The molecule has 1 N–H and O–H groups in total. The SMILES string of the molecule is Cc1cccc(N[C@H]2CC[C@H](C)C2)c1. The summed E-state index contributed by atoms with van der Waals surface area (Å²) in [5, 5.41) is 3.61. The summed E-state index contributed by atoms with van der Waals surface area (Å²) in [4.78, 5) is 0. The standard InChI is InChI=1S/C13H19N/c1-10-4-3-5-12(8-10)14-13-7-6-11(2)9-13/h3-5,8,11,13-14H,6-7,9H2,1-2H3/t11-,13-/m0/s1. The van der Waals surface area contributed by atoms with E-state index in [0.29, 0.717) is 6.04 Å². The van der Waals surface area contributed by atoms with Gasteiger partial charge in [0.1, 0.15) is 0 Å². The summed E-state index contributed by atoms with van der Waals surface area (Å²) in [6.45, 7) is 4.49. The summed E-state index contributed by atoms with van der Waals surface area (Å²) in [5.41, 5.74) is 2.62. The van der Waals surface area contributed by atoms with Crippen molar-refractivity contribution >= 4 is 5.69 Å². The van der Waals surface area contributed by atoms with Gasteiger partial charge in [0.15, 0.2) is 0 Å². The van der Waals surface area contributed by atoms with Crippen LogP contribution in [0.5, 0.6) is 0 Å². The van der Waals surface area contributed by atoms with Crippen LogP contribution in [0.15, 0.2) is 24.3 Å². The molecule has 0 bridgehead atoms. The monoisotopic (exact) mass is 189 g/mol. The summed E-state index contributed by atoms with van der Waals surface area (Å²) in [6, 6.07) is 9.35. The molecule has 2 atom stereocenters. The third-order valence-corrected chi connectivity index (χ3v) is 3.08. The van der Waals surface area contributed by atoms with Gasteiger partial charge in [-0.25, -0.2) is 0 Å². The zero-order valence-electron chi connectivity index (χ0n) is 9.09. The average molecular weight is 189 g/mol. The van der Waals surface area contributed by atoms with Gasteiger partial charge in [0.05, 0.1) is 0 Å². The molecule has 1 saturated carbocycles. The molecule has 1 fully saturated rings. The van der Waals surface area contributed by atoms with Crippen LogP contribution in [0.25, 0.3) is 0 Å². The predicted molar refractivity (Wildman–Crippen MR) is 61.6 cm³/mol. The number of hydrogen-bond acceptors (Lipinski definition) is 1. The van der Waals surface area contributed by atoms with Crippen molar-refractivity contribution in [2.75, 3.05) is 5.32 Å². The zero-order valence-corrected chi connectivity index (χ0v) is 9.09. The van der Waals surface area contributed by atoms with Crippen molar-refractivity contribution < 1.29 is 0 Å². The van der Waals surface area contributed by atoms with E-state index in [4.69, 9.17) is 0 Å². The van der Waals surface area contributed by atoms with Crippen molar-refractivity contribution in [2.45, 2.75) is 39.2 Å². The lowest BCUT2D eigenvalue weighted by atomic mass is 10.1. The molecule has 0 unspecified atom stereocenters. The molecule has 1 aromatic rings. The highest BCUT2D eigenvalue weighted by molar-refractivity contribution is 5.46. The molecule has 0 saturated heterocycles. The first-order chi connectivity index (χ1) is 6.74. The van der Waals surface area contributed by atoms with Crippen LogP contribution in [-0.4, -0.2) is 6.04 Å². The minimum atomic E-state index is 0.701. The Morgan fingerprint density at radius 1 is 1.29 bits per heavy atom. The zero-order chi connectivity index (χ0) is 9.97. The molecule has 0 radical (unpaired) electrons. The molecule has 1 nitrogen and oxygen atoms in total. The number of benzene rings is 1. The Labute approximate surface area is 86.5 Å². The highest BCUT2D eigenvalue weighted by Crippen LogP contribution is 2.27. The number of nitrogens with one attached hydrogen (secondary N) is 1. The fraction of sp³-hybridized carbons (Fsp3) is 0.538. The third kappa shape index (κ3) is 2.28. The molecule has 14 heavy (non-hydrogen) atoms. The third-order valence-electron chi connectivity index (χ3n) is 3.08. The lowest BCUT2D eigenvalue weighted by molar-refractivity contribution is 0.602. The van der Waals surface area contributed by atoms with E-state index in [1.54, 1.807) is 0 Å². The van der Waals surface area contributed by atoms with Crippen molar-refractivity contribution in [3.63, 3.8) is 0 Å². The largest absolute Gasteiger partial charge is 0.382 e. The second-order valence-electron chi connectivity index (χ2n) is 4.63. The maximum atomic E-state index is 3.61. The molecule has 2 rings (SSSR count). The molecule has 1 heteroatoms. The Morgan fingerprint density at radius 3 is 2.79 bits per heavy atom. The minimum absolute atomic E-state index is 0.701. The van der Waals surface area contributed by atoms with Crippen molar-refractivity contribution in [3.8, 4) is 0 Å². The van der Waals surface area contributed by atoms with E-state index in [-0.39, 0.29) is 0 Å². The van der Waals surface area contributed by atoms with Crippen LogP contribution in [0.4, 0.5) is 5.69 Å². The van der Waals surface area contributed by atoms with Crippen molar-refractivity contribution in [2.24, 2.45) is 5.92 Å². The van der Waals surface area contributed by atoms with Gasteiger partial charge in [0.25, 0.3) is 0 Å². The maximum absolute atomic E-state index is 3.61. The van der Waals surface area contributed by atoms with Gasteiger partial charge in [0, 0.05) is 11.7 Å². The second kappa shape index (κ2) is 4.04. The summed E-state index contributed by atoms with van der Waals surface area (Å²) < 4.78 is 0. The number of anilines is 1. The van der Waals surface area contributed by atoms with E-state index < -0.39 is 0 Å². The fourth-order valence-corrected chi connectivity index (χ4v) is 2.31. The summed E-state index contributed by atoms with van der Waals surface area (Å²) in [6.07, 6.45) is 4.03. The smallest absolute Gasteiger partial charge is 0.0344 e. The first-order valence-electron chi connectivity index (χ1n) is 5.57. The minimum Gasteiger partial charge on any atom is -0.382 e.